The van der Waals surface area contributed by atoms with Gasteiger partial charge in [0.1, 0.15) is 6.54 Å². The minimum atomic E-state index is -0.438. The molecular weight excluding hydrogens is 256 g/mol. The van der Waals surface area contributed by atoms with Crippen LogP contribution in [-0.2, 0) is 4.79 Å². The Morgan fingerprint density at radius 3 is 2.50 bits per heavy atom. The molecule has 1 aliphatic rings. The number of amides is 3. The van der Waals surface area contributed by atoms with E-state index in [4.69, 9.17) is 5.73 Å². The summed E-state index contributed by atoms with van der Waals surface area (Å²) >= 11 is 0. The van der Waals surface area contributed by atoms with E-state index in [1.54, 1.807) is 36.4 Å². The molecule has 0 spiro atoms. The van der Waals surface area contributed by atoms with E-state index in [1.165, 1.54) is 11.1 Å². The molecule has 1 fully saturated rings. The molecule has 2 heterocycles. The number of carbonyl (C=O) groups is 2. The van der Waals surface area contributed by atoms with Gasteiger partial charge in [0.25, 0.3) is 5.91 Å². The molecule has 0 radical (unpaired) electrons. The second-order valence-electron chi connectivity index (χ2n) is 4.35. The van der Waals surface area contributed by atoms with Gasteiger partial charge in [-0.3, -0.25) is 9.69 Å². The van der Waals surface area contributed by atoms with Crippen LogP contribution in [0.15, 0.2) is 48.7 Å². The van der Waals surface area contributed by atoms with Crippen molar-refractivity contribution in [2.24, 2.45) is 0 Å². The number of nitrogens with two attached hydrogens (primary N) is 1. The van der Waals surface area contributed by atoms with Crippen molar-refractivity contribution in [2.75, 3.05) is 22.1 Å². The van der Waals surface area contributed by atoms with Crippen LogP contribution in [0.4, 0.5) is 22.0 Å². The molecule has 20 heavy (non-hydrogen) atoms. The first-order chi connectivity index (χ1) is 9.68. The van der Waals surface area contributed by atoms with Crippen LogP contribution in [0, 0.1) is 0 Å². The molecule has 0 aliphatic carbocycles. The van der Waals surface area contributed by atoms with Crippen molar-refractivity contribution in [1.29, 1.82) is 0 Å². The zero-order valence-electron chi connectivity index (χ0n) is 10.6. The number of urea groups is 1. The molecule has 6 heteroatoms. The fraction of sp³-hybridized carbons (Fsp3) is 0.0714. The Bertz CT molecular complexity index is 672. The van der Waals surface area contributed by atoms with Gasteiger partial charge < -0.3 is 5.73 Å². The van der Waals surface area contributed by atoms with Crippen LogP contribution in [0.3, 0.4) is 0 Å². The minimum Gasteiger partial charge on any atom is -0.396 e. The first kappa shape index (κ1) is 12.2. The van der Waals surface area contributed by atoms with E-state index in [0.29, 0.717) is 17.2 Å². The van der Waals surface area contributed by atoms with E-state index in [9.17, 15) is 9.59 Å². The van der Waals surface area contributed by atoms with Crippen molar-refractivity contribution in [3.63, 3.8) is 0 Å². The molecule has 0 saturated carbocycles. The normalized spacial score (nSPS) is 15.0. The summed E-state index contributed by atoms with van der Waals surface area (Å²) in [5.41, 5.74) is 6.71. The van der Waals surface area contributed by atoms with Crippen molar-refractivity contribution in [3.8, 4) is 0 Å². The molecule has 3 amide bonds. The number of nitrogens with zero attached hydrogens (tertiary/aromatic N) is 3. The zero-order chi connectivity index (χ0) is 14.1. The third kappa shape index (κ3) is 1.87. The van der Waals surface area contributed by atoms with Gasteiger partial charge in [0.15, 0.2) is 5.82 Å². The number of para-hydroxylation sites is 1. The number of carbonyl (C=O) groups excluding carboxylic acids is 2. The SMILES string of the molecule is Nc1cccnc1N1CC(=O)N(c2ccccc2)C1=O. The van der Waals surface area contributed by atoms with Crippen molar-refractivity contribution in [3.05, 3.63) is 48.7 Å². The fourth-order valence-corrected chi connectivity index (χ4v) is 2.13. The summed E-state index contributed by atoms with van der Waals surface area (Å²) in [6.45, 7) is -0.0606. The molecular formula is C14H12N4O2. The summed E-state index contributed by atoms with van der Waals surface area (Å²) < 4.78 is 0. The van der Waals surface area contributed by atoms with E-state index in [0.717, 1.165) is 4.90 Å². The molecule has 0 unspecified atom stereocenters. The Morgan fingerprint density at radius 1 is 1.05 bits per heavy atom. The van der Waals surface area contributed by atoms with Crippen molar-refractivity contribution < 1.29 is 9.59 Å². The van der Waals surface area contributed by atoms with Gasteiger partial charge in [0.2, 0.25) is 0 Å². The predicted molar refractivity (Wildman–Crippen MR) is 75.3 cm³/mol. The highest BCUT2D eigenvalue weighted by Gasteiger charge is 2.39. The highest BCUT2D eigenvalue weighted by atomic mass is 16.2. The topological polar surface area (TPSA) is 79.5 Å². The molecule has 2 aromatic rings. The highest BCUT2D eigenvalue weighted by Crippen LogP contribution is 2.27. The molecule has 0 bridgehead atoms. The fourth-order valence-electron chi connectivity index (χ4n) is 2.13. The van der Waals surface area contributed by atoms with Crippen LogP contribution in [-0.4, -0.2) is 23.5 Å². The number of pyridine rings is 1. The number of imide groups is 1. The average molecular weight is 268 g/mol. The Kier molecular flexibility index (Phi) is 2.83. The van der Waals surface area contributed by atoms with Gasteiger partial charge in [-0.1, -0.05) is 18.2 Å². The van der Waals surface area contributed by atoms with Gasteiger partial charge in [-0.05, 0) is 24.3 Å². The van der Waals surface area contributed by atoms with E-state index in [1.807, 2.05) is 6.07 Å². The Labute approximate surface area is 115 Å². The summed E-state index contributed by atoms with van der Waals surface area (Å²) in [6.07, 6.45) is 1.54. The molecule has 0 atom stereocenters. The predicted octanol–water partition coefficient (Wildman–Crippen LogP) is 1.64. The maximum absolute atomic E-state index is 12.4. The van der Waals surface area contributed by atoms with Crippen molar-refractivity contribution >= 4 is 29.1 Å². The molecule has 1 aromatic heterocycles. The highest BCUT2D eigenvalue weighted by molar-refractivity contribution is 6.27. The second-order valence-corrected chi connectivity index (χ2v) is 4.35. The number of rotatable bonds is 2. The average Bonchev–Trinajstić information content (AvgIpc) is 2.75. The van der Waals surface area contributed by atoms with Crippen molar-refractivity contribution in [1.82, 2.24) is 4.98 Å². The third-order valence-corrected chi connectivity index (χ3v) is 3.05. The zero-order valence-corrected chi connectivity index (χ0v) is 10.6. The van der Waals surface area contributed by atoms with Crippen LogP contribution < -0.4 is 15.5 Å². The maximum atomic E-state index is 12.4. The number of hydrogen-bond donors (Lipinski definition) is 1. The number of nitrogen functional groups attached to an aromatic ring is 1. The van der Waals surface area contributed by atoms with Crippen LogP contribution in [0.2, 0.25) is 0 Å². The smallest absolute Gasteiger partial charge is 0.337 e. The summed E-state index contributed by atoms with van der Waals surface area (Å²) in [5, 5.41) is 0. The Morgan fingerprint density at radius 2 is 1.80 bits per heavy atom. The van der Waals surface area contributed by atoms with E-state index in [2.05, 4.69) is 4.98 Å². The quantitative estimate of drug-likeness (QED) is 0.840. The maximum Gasteiger partial charge on any atom is 0.337 e. The van der Waals surface area contributed by atoms with Crippen molar-refractivity contribution in [2.45, 2.75) is 0 Å². The lowest BCUT2D eigenvalue weighted by Gasteiger charge is -2.17. The number of aromatic nitrogens is 1. The minimum absolute atomic E-state index is 0.0606. The van der Waals surface area contributed by atoms with Gasteiger partial charge in [0.05, 0.1) is 11.4 Å². The molecule has 3 rings (SSSR count). The van der Waals surface area contributed by atoms with E-state index >= 15 is 0 Å². The van der Waals surface area contributed by atoms with Gasteiger partial charge in [-0.2, -0.15) is 0 Å². The summed E-state index contributed by atoms with van der Waals surface area (Å²) in [7, 11) is 0. The monoisotopic (exact) mass is 268 g/mol. The van der Waals surface area contributed by atoms with Gasteiger partial charge in [0, 0.05) is 6.20 Å². The van der Waals surface area contributed by atoms with Gasteiger partial charge in [-0.15, -0.1) is 0 Å². The standard InChI is InChI=1S/C14H12N4O2/c15-11-7-4-8-16-13(11)17-9-12(19)18(14(17)20)10-5-2-1-3-6-10/h1-8H,9,15H2. The Hall–Kier alpha value is -2.89. The first-order valence-corrected chi connectivity index (χ1v) is 6.08. The number of anilines is 3. The molecule has 1 aromatic carbocycles. The molecule has 1 aliphatic heterocycles. The van der Waals surface area contributed by atoms with Gasteiger partial charge >= 0.3 is 6.03 Å². The molecule has 6 nitrogen and oxygen atoms in total. The summed E-state index contributed by atoms with van der Waals surface area (Å²) in [6, 6.07) is 11.7. The largest absolute Gasteiger partial charge is 0.396 e. The lowest BCUT2D eigenvalue weighted by Crippen LogP contribution is -2.33. The lowest BCUT2D eigenvalue weighted by atomic mass is 10.3. The molecule has 100 valence electrons. The first-order valence-electron chi connectivity index (χ1n) is 6.08. The number of hydrogen-bond acceptors (Lipinski definition) is 4. The third-order valence-electron chi connectivity index (χ3n) is 3.05. The Balaban J connectivity index is 1.98. The summed E-state index contributed by atoms with van der Waals surface area (Å²) in [4.78, 5) is 31.0. The lowest BCUT2D eigenvalue weighted by molar-refractivity contribution is -0.115. The molecule has 1 saturated heterocycles. The van der Waals surface area contributed by atoms with Crippen LogP contribution in [0.5, 0.6) is 0 Å². The summed E-state index contributed by atoms with van der Waals surface area (Å²) in [5.74, 6) is 0.00975. The van der Waals surface area contributed by atoms with E-state index < -0.39 is 6.03 Å². The second kappa shape index (κ2) is 4.65. The van der Waals surface area contributed by atoms with Crippen LogP contribution in [0.25, 0.3) is 0 Å². The number of benzene rings is 1. The van der Waals surface area contributed by atoms with Crippen LogP contribution >= 0.6 is 0 Å². The van der Waals surface area contributed by atoms with Gasteiger partial charge in [-0.25, -0.2) is 14.7 Å². The van der Waals surface area contributed by atoms with E-state index in [-0.39, 0.29) is 12.5 Å². The van der Waals surface area contributed by atoms with Crippen LogP contribution in [0.1, 0.15) is 0 Å². The molecule has 2 N–H and O–H groups in total.